The molecule has 1 fully saturated rings. The van der Waals surface area contributed by atoms with Gasteiger partial charge in [0, 0.05) is 18.9 Å². The van der Waals surface area contributed by atoms with Gasteiger partial charge in [0.2, 0.25) is 23.1 Å². The Morgan fingerprint density at radius 2 is 2.25 bits per heavy atom. The van der Waals surface area contributed by atoms with Crippen LogP contribution in [0.1, 0.15) is 6.42 Å². The average molecular weight is 238 g/mol. The third-order valence-corrected chi connectivity index (χ3v) is 2.38. The van der Waals surface area contributed by atoms with Crippen LogP contribution in [-0.4, -0.2) is 27.4 Å². The molecule has 1 aliphatic rings. The fourth-order valence-corrected chi connectivity index (χ4v) is 1.65. The Labute approximate surface area is 96.8 Å². The molecule has 0 radical (unpaired) electrons. The summed E-state index contributed by atoms with van der Waals surface area (Å²) in [5.74, 6) is 2.40. The van der Waals surface area contributed by atoms with Gasteiger partial charge in [-0.1, -0.05) is 0 Å². The molecule has 6 nitrogen and oxygen atoms in total. The van der Waals surface area contributed by atoms with Crippen molar-refractivity contribution in [1.82, 2.24) is 15.0 Å². The van der Waals surface area contributed by atoms with Crippen molar-refractivity contribution < 1.29 is 4.79 Å². The number of anilines is 2. The number of terminal acetylenes is 1. The third kappa shape index (κ3) is 1.90. The molecule has 1 unspecified atom stereocenters. The Bertz CT molecular complexity index is 463. The maximum Gasteiger partial charge on any atom is 0.238 e. The number of nitrogen functional groups attached to an aromatic ring is 1. The number of carbonyl (C=O) groups excluding carboxylic acids is 1. The molecule has 0 spiro atoms. The fourth-order valence-electron chi connectivity index (χ4n) is 1.49. The van der Waals surface area contributed by atoms with Crippen molar-refractivity contribution in [3.05, 3.63) is 5.28 Å². The zero-order chi connectivity index (χ0) is 11.7. The number of amides is 1. The molecule has 1 amide bonds. The largest absolute Gasteiger partial charge is 0.368 e. The predicted molar refractivity (Wildman–Crippen MR) is 58.5 cm³/mol. The highest BCUT2D eigenvalue weighted by Crippen LogP contribution is 2.22. The quantitative estimate of drug-likeness (QED) is 0.700. The van der Waals surface area contributed by atoms with E-state index < -0.39 is 0 Å². The normalized spacial score (nSPS) is 19.9. The second-order valence-corrected chi connectivity index (χ2v) is 3.67. The number of rotatable bonds is 1. The van der Waals surface area contributed by atoms with Crippen molar-refractivity contribution in [2.24, 2.45) is 5.92 Å². The lowest BCUT2D eigenvalue weighted by molar-refractivity contribution is -0.117. The molecule has 0 bridgehead atoms. The minimum Gasteiger partial charge on any atom is -0.368 e. The predicted octanol–water partition coefficient (Wildman–Crippen LogP) is 0.0933. The van der Waals surface area contributed by atoms with Gasteiger partial charge in [0.15, 0.2) is 0 Å². The van der Waals surface area contributed by atoms with Crippen LogP contribution in [0.3, 0.4) is 0 Å². The molecule has 1 aromatic rings. The summed E-state index contributed by atoms with van der Waals surface area (Å²) in [7, 11) is 0. The number of hydrogen-bond acceptors (Lipinski definition) is 5. The molecule has 1 atom stereocenters. The summed E-state index contributed by atoms with van der Waals surface area (Å²) in [6.07, 6.45) is 5.55. The van der Waals surface area contributed by atoms with E-state index >= 15 is 0 Å². The van der Waals surface area contributed by atoms with Gasteiger partial charge in [0.1, 0.15) is 0 Å². The van der Waals surface area contributed by atoms with E-state index in [1.807, 2.05) is 0 Å². The molecule has 7 heteroatoms. The molecule has 2 N–H and O–H groups in total. The summed E-state index contributed by atoms with van der Waals surface area (Å²) in [5.41, 5.74) is 5.41. The highest BCUT2D eigenvalue weighted by atomic mass is 35.5. The zero-order valence-electron chi connectivity index (χ0n) is 8.22. The van der Waals surface area contributed by atoms with Gasteiger partial charge in [-0.3, -0.25) is 9.69 Å². The Balaban J connectivity index is 2.32. The number of nitrogens with two attached hydrogens (primary N) is 1. The SMILES string of the molecule is C#CC1CC(=O)N(c2nc(N)nc(Cl)n2)C1. The van der Waals surface area contributed by atoms with Crippen molar-refractivity contribution in [2.75, 3.05) is 17.2 Å². The van der Waals surface area contributed by atoms with E-state index in [1.54, 1.807) is 0 Å². The van der Waals surface area contributed by atoms with Crippen molar-refractivity contribution in [1.29, 1.82) is 0 Å². The lowest BCUT2D eigenvalue weighted by atomic mass is 10.1. The van der Waals surface area contributed by atoms with Crippen LogP contribution in [0.25, 0.3) is 0 Å². The van der Waals surface area contributed by atoms with Gasteiger partial charge >= 0.3 is 0 Å². The number of halogens is 1. The smallest absolute Gasteiger partial charge is 0.238 e. The molecule has 16 heavy (non-hydrogen) atoms. The molecular formula is C9H8ClN5O. The van der Waals surface area contributed by atoms with Crippen LogP contribution in [0, 0.1) is 18.3 Å². The Morgan fingerprint density at radius 3 is 2.81 bits per heavy atom. The standard InChI is InChI=1S/C9H8ClN5O/c1-2-5-3-6(16)15(4-5)9-13-7(10)12-8(11)14-9/h1,5H,3-4H2,(H2,11,12,13,14). The van der Waals surface area contributed by atoms with Gasteiger partial charge in [0.05, 0.1) is 0 Å². The molecule has 0 aliphatic carbocycles. The van der Waals surface area contributed by atoms with E-state index in [4.69, 9.17) is 23.8 Å². The summed E-state index contributed by atoms with van der Waals surface area (Å²) in [6, 6.07) is 0. The van der Waals surface area contributed by atoms with Gasteiger partial charge in [-0.05, 0) is 11.6 Å². The fraction of sp³-hybridized carbons (Fsp3) is 0.333. The maximum absolute atomic E-state index is 11.6. The van der Waals surface area contributed by atoms with Gasteiger partial charge in [0.25, 0.3) is 0 Å². The summed E-state index contributed by atoms with van der Waals surface area (Å²) >= 11 is 5.63. The number of aromatic nitrogens is 3. The van der Waals surface area contributed by atoms with Gasteiger partial charge < -0.3 is 5.73 Å². The maximum atomic E-state index is 11.6. The first-order valence-corrected chi connectivity index (χ1v) is 4.91. The average Bonchev–Trinajstić information content (AvgIpc) is 2.58. The minimum atomic E-state index is -0.135. The van der Waals surface area contributed by atoms with E-state index in [9.17, 15) is 4.79 Å². The molecule has 0 aromatic carbocycles. The van der Waals surface area contributed by atoms with Crippen molar-refractivity contribution in [2.45, 2.75) is 6.42 Å². The minimum absolute atomic E-state index is 0.0213. The van der Waals surface area contributed by atoms with Crippen molar-refractivity contribution in [3.63, 3.8) is 0 Å². The number of carbonyl (C=O) groups is 1. The first-order chi connectivity index (χ1) is 7.60. The molecule has 82 valence electrons. The number of hydrogen-bond donors (Lipinski definition) is 1. The first kappa shape index (κ1) is 10.6. The number of nitrogens with zero attached hydrogens (tertiary/aromatic N) is 4. The second kappa shape index (κ2) is 3.94. The lowest BCUT2D eigenvalue weighted by Gasteiger charge is -2.13. The Kier molecular flexibility index (Phi) is 2.62. The van der Waals surface area contributed by atoms with Crippen LogP contribution in [0.2, 0.25) is 5.28 Å². The summed E-state index contributed by atoms with van der Waals surface area (Å²) in [6.45, 7) is 0.384. The van der Waals surface area contributed by atoms with Gasteiger partial charge in [-0.15, -0.1) is 12.3 Å². The highest BCUT2D eigenvalue weighted by molar-refractivity contribution is 6.28. The van der Waals surface area contributed by atoms with Crippen LogP contribution >= 0.6 is 11.6 Å². The van der Waals surface area contributed by atoms with Crippen LogP contribution in [0.15, 0.2) is 0 Å². The molecule has 1 saturated heterocycles. The topological polar surface area (TPSA) is 85.0 Å². The van der Waals surface area contributed by atoms with E-state index in [0.29, 0.717) is 13.0 Å². The Hall–Kier alpha value is -1.87. The molecule has 1 aliphatic heterocycles. The zero-order valence-corrected chi connectivity index (χ0v) is 8.98. The summed E-state index contributed by atoms with van der Waals surface area (Å²) < 4.78 is 0. The molecule has 1 aromatic heterocycles. The first-order valence-electron chi connectivity index (χ1n) is 4.53. The highest BCUT2D eigenvalue weighted by Gasteiger charge is 2.31. The molecule has 2 heterocycles. The Morgan fingerprint density at radius 1 is 1.50 bits per heavy atom. The second-order valence-electron chi connectivity index (χ2n) is 3.33. The van der Waals surface area contributed by atoms with Crippen LogP contribution < -0.4 is 10.6 Å². The lowest BCUT2D eigenvalue weighted by Crippen LogP contribution is -2.27. The molecule has 0 saturated carbocycles. The van der Waals surface area contributed by atoms with E-state index in [-0.39, 0.29) is 29.0 Å². The van der Waals surface area contributed by atoms with Gasteiger partial charge in [-0.2, -0.15) is 15.0 Å². The van der Waals surface area contributed by atoms with E-state index in [0.717, 1.165) is 0 Å². The monoisotopic (exact) mass is 237 g/mol. The third-order valence-electron chi connectivity index (χ3n) is 2.22. The van der Waals surface area contributed by atoms with Crippen LogP contribution in [0.4, 0.5) is 11.9 Å². The molecule has 2 rings (SSSR count). The van der Waals surface area contributed by atoms with Crippen LogP contribution in [0.5, 0.6) is 0 Å². The van der Waals surface area contributed by atoms with Crippen LogP contribution in [-0.2, 0) is 4.79 Å². The van der Waals surface area contributed by atoms with Gasteiger partial charge in [-0.25, -0.2) is 0 Å². The summed E-state index contributed by atoms with van der Waals surface area (Å²) in [4.78, 5) is 24.3. The van der Waals surface area contributed by atoms with Crippen molar-refractivity contribution in [3.8, 4) is 12.3 Å². The van der Waals surface area contributed by atoms with E-state index in [2.05, 4.69) is 20.9 Å². The van der Waals surface area contributed by atoms with E-state index in [1.165, 1.54) is 4.90 Å². The summed E-state index contributed by atoms with van der Waals surface area (Å²) in [5, 5.41) is -0.0422. The van der Waals surface area contributed by atoms with Crippen molar-refractivity contribution >= 4 is 29.4 Å². The molecular weight excluding hydrogens is 230 g/mol.